The van der Waals surface area contributed by atoms with Crippen LogP contribution in [-0.2, 0) is 4.79 Å². The van der Waals surface area contributed by atoms with Gasteiger partial charge in [-0.1, -0.05) is 17.7 Å². The number of hydrogen-bond donors (Lipinski definition) is 2. The van der Waals surface area contributed by atoms with Crippen LogP contribution in [0.3, 0.4) is 0 Å². The van der Waals surface area contributed by atoms with E-state index in [0.29, 0.717) is 10.7 Å². The number of nitrogens with zero attached hydrogens (tertiary/aromatic N) is 4. The number of anilines is 2. The average molecular weight is 343 g/mol. The fourth-order valence-corrected chi connectivity index (χ4v) is 2.31. The predicted molar refractivity (Wildman–Crippen MR) is 92.3 cm³/mol. The number of tetrazole rings is 1. The van der Waals surface area contributed by atoms with Gasteiger partial charge in [-0.25, -0.2) is 4.68 Å². The van der Waals surface area contributed by atoms with Crippen molar-refractivity contribution < 1.29 is 4.79 Å². The molecular formula is C16H15ClN6O. The largest absolute Gasteiger partial charge is 0.374 e. The van der Waals surface area contributed by atoms with Crippen molar-refractivity contribution in [2.45, 2.75) is 13.0 Å². The lowest BCUT2D eigenvalue weighted by Crippen LogP contribution is -2.31. The zero-order chi connectivity index (χ0) is 16.9. The van der Waals surface area contributed by atoms with Crippen LogP contribution in [0.4, 0.5) is 11.4 Å². The molecule has 0 radical (unpaired) electrons. The average Bonchev–Trinajstić information content (AvgIpc) is 3.10. The molecule has 0 aliphatic rings. The van der Waals surface area contributed by atoms with Crippen LogP contribution in [0.15, 0.2) is 54.9 Å². The molecule has 7 nitrogen and oxygen atoms in total. The number of rotatable bonds is 5. The van der Waals surface area contributed by atoms with Crippen molar-refractivity contribution in [2.24, 2.45) is 0 Å². The topological polar surface area (TPSA) is 84.7 Å². The van der Waals surface area contributed by atoms with Crippen molar-refractivity contribution in [1.82, 2.24) is 20.2 Å². The fraction of sp³-hybridized carbons (Fsp3) is 0.125. The van der Waals surface area contributed by atoms with Gasteiger partial charge in [0, 0.05) is 16.4 Å². The van der Waals surface area contributed by atoms with Crippen molar-refractivity contribution >= 4 is 28.9 Å². The van der Waals surface area contributed by atoms with E-state index in [1.54, 1.807) is 35.9 Å². The summed E-state index contributed by atoms with van der Waals surface area (Å²) in [5.74, 6) is -0.151. The van der Waals surface area contributed by atoms with Gasteiger partial charge in [0.25, 0.3) is 0 Å². The summed E-state index contributed by atoms with van der Waals surface area (Å²) < 4.78 is 1.55. The molecule has 1 atom stereocenters. The summed E-state index contributed by atoms with van der Waals surface area (Å²) in [5.41, 5.74) is 2.32. The SMILES string of the molecule is CC(Nc1ccc(-n2cnnn2)cc1)C(=O)Nc1cccc(Cl)c1. The second-order valence-electron chi connectivity index (χ2n) is 5.17. The minimum atomic E-state index is -0.414. The molecular weight excluding hydrogens is 328 g/mol. The van der Waals surface area contributed by atoms with Crippen molar-refractivity contribution in [3.05, 3.63) is 59.9 Å². The maximum atomic E-state index is 12.2. The van der Waals surface area contributed by atoms with Crippen molar-refractivity contribution in [3.8, 4) is 5.69 Å². The molecule has 0 fully saturated rings. The van der Waals surface area contributed by atoms with Gasteiger partial charge in [-0.3, -0.25) is 4.79 Å². The van der Waals surface area contributed by atoms with Crippen LogP contribution in [0, 0.1) is 0 Å². The van der Waals surface area contributed by atoms with E-state index in [9.17, 15) is 4.79 Å². The van der Waals surface area contributed by atoms with Gasteiger partial charge in [-0.2, -0.15) is 0 Å². The third-order valence-electron chi connectivity index (χ3n) is 3.35. The fourth-order valence-electron chi connectivity index (χ4n) is 2.12. The molecule has 24 heavy (non-hydrogen) atoms. The van der Waals surface area contributed by atoms with E-state index in [1.165, 1.54) is 6.33 Å². The number of benzene rings is 2. The normalized spacial score (nSPS) is 11.8. The highest BCUT2D eigenvalue weighted by Crippen LogP contribution is 2.16. The van der Waals surface area contributed by atoms with Crippen LogP contribution < -0.4 is 10.6 Å². The van der Waals surface area contributed by atoms with Crippen LogP contribution in [0.1, 0.15) is 6.92 Å². The number of aromatic nitrogens is 4. The smallest absolute Gasteiger partial charge is 0.246 e. The molecule has 1 unspecified atom stereocenters. The van der Waals surface area contributed by atoms with Gasteiger partial charge in [0.05, 0.1) is 5.69 Å². The van der Waals surface area contributed by atoms with Crippen molar-refractivity contribution in [2.75, 3.05) is 10.6 Å². The van der Waals surface area contributed by atoms with E-state index in [4.69, 9.17) is 11.6 Å². The van der Waals surface area contributed by atoms with E-state index in [2.05, 4.69) is 26.2 Å². The molecule has 3 rings (SSSR count). The predicted octanol–water partition coefficient (Wildman–Crippen LogP) is 2.75. The summed E-state index contributed by atoms with van der Waals surface area (Å²) in [6.45, 7) is 1.79. The molecule has 1 aromatic heterocycles. The summed E-state index contributed by atoms with van der Waals surface area (Å²) in [6.07, 6.45) is 1.52. The highest BCUT2D eigenvalue weighted by atomic mass is 35.5. The summed E-state index contributed by atoms with van der Waals surface area (Å²) in [4.78, 5) is 12.2. The minimum Gasteiger partial charge on any atom is -0.374 e. The Balaban J connectivity index is 1.61. The van der Waals surface area contributed by atoms with E-state index in [1.807, 2.05) is 24.3 Å². The van der Waals surface area contributed by atoms with Crippen LogP contribution in [0.5, 0.6) is 0 Å². The third-order valence-corrected chi connectivity index (χ3v) is 3.58. The molecule has 0 aliphatic heterocycles. The Bertz CT molecular complexity index is 819. The minimum absolute atomic E-state index is 0.151. The molecule has 1 heterocycles. The number of nitrogens with one attached hydrogen (secondary N) is 2. The number of hydrogen-bond acceptors (Lipinski definition) is 5. The highest BCUT2D eigenvalue weighted by molar-refractivity contribution is 6.30. The zero-order valence-electron chi connectivity index (χ0n) is 12.8. The van der Waals surface area contributed by atoms with Gasteiger partial charge in [0.1, 0.15) is 12.4 Å². The molecule has 0 saturated heterocycles. The lowest BCUT2D eigenvalue weighted by Gasteiger charge is -2.15. The van der Waals surface area contributed by atoms with E-state index in [-0.39, 0.29) is 5.91 Å². The van der Waals surface area contributed by atoms with Gasteiger partial charge < -0.3 is 10.6 Å². The van der Waals surface area contributed by atoms with E-state index in [0.717, 1.165) is 11.4 Å². The first kappa shape index (κ1) is 15.9. The van der Waals surface area contributed by atoms with E-state index >= 15 is 0 Å². The molecule has 2 aromatic carbocycles. The summed E-state index contributed by atoms with van der Waals surface area (Å²) in [7, 11) is 0. The van der Waals surface area contributed by atoms with Crippen molar-refractivity contribution in [1.29, 1.82) is 0 Å². The molecule has 0 bridgehead atoms. The van der Waals surface area contributed by atoms with Gasteiger partial charge in [0.15, 0.2) is 0 Å². The Morgan fingerprint density at radius 2 is 1.96 bits per heavy atom. The maximum absolute atomic E-state index is 12.2. The lowest BCUT2D eigenvalue weighted by atomic mass is 10.2. The first-order valence-corrected chi connectivity index (χ1v) is 7.66. The summed E-state index contributed by atoms with van der Waals surface area (Å²) >= 11 is 5.91. The molecule has 8 heteroatoms. The maximum Gasteiger partial charge on any atom is 0.246 e. The summed E-state index contributed by atoms with van der Waals surface area (Å²) in [6, 6.07) is 14.1. The number of carbonyl (C=O) groups excluding carboxylic acids is 1. The zero-order valence-corrected chi connectivity index (χ0v) is 13.6. The Morgan fingerprint density at radius 1 is 1.17 bits per heavy atom. The van der Waals surface area contributed by atoms with Crippen LogP contribution in [-0.4, -0.2) is 32.2 Å². The molecule has 0 aliphatic carbocycles. The van der Waals surface area contributed by atoms with Crippen molar-refractivity contribution in [3.63, 3.8) is 0 Å². The van der Waals surface area contributed by atoms with Crippen LogP contribution in [0.2, 0.25) is 5.02 Å². The van der Waals surface area contributed by atoms with Crippen LogP contribution >= 0.6 is 11.6 Å². The number of carbonyl (C=O) groups is 1. The van der Waals surface area contributed by atoms with Gasteiger partial charge in [0.2, 0.25) is 5.91 Å². The standard InChI is InChI=1S/C16H15ClN6O/c1-11(16(24)20-14-4-2-3-12(17)9-14)19-13-5-7-15(8-6-13)23-10-18-21-22-23/h2-11,19H,1H3,(H,20,24). The molecule has 0 saturated carbocycles. The lowest BCUT2D eigenvalue weighted by molar-refractivity contribution is -0.116. The Labute approximate surface area is 143 Å². The van der Waals surface area contributed by atoms with Gasteiger partial charge in [-0.05, 0) is 59.8 Å². The molecule has 2 N–H and O–H groups in total. The highest BCUT2D eigenvalue weighted by Gasteiger charge is 2.13. The Kier molecular flexibility index (Phi) is 4.72. The number of amides is 1. The van der Waals surface area contributed by atoms with Gasteiger partial charge >= 0.3 is 0 Å². The van der Waals surface area contributed by atoms with Gasteiger partial charge in [-0.15, -0.1) is 5.10 Å². The second-order valence-corrected chi connectivity index (χ2v) is 5.60. The number of halogens is 1. The Hall–Kier alpha value is -2.93. The first-order valence-electron chi connectivity index (χ1n) is 7.28. The quantitative estimate of drug-likeness (QED) is 0.744. The summed E-state index contributed by atoms with van der Waals surface area (Å²) in [5, 5.41) is 17.5. The monoisotopic (exact) mass is 342 g/mol. The molecule has 0 spiro atoms. The molecule has 3 aromatic rings. The molecule has 122 valence electrons. The second kappa shape index (κ2) is 7.10. The first-order chi connectivity index (χ1) is 11.6. The third kappa shape index (κ3) is 3.88. The van der Waals surface area contributed by atoms with Crippen LogP contribution in [0.25, 0.3) is 5.69 Å². The molecule has 1 amide bonds. The Morgan fingerprint density at radius 3 is 2.62 bits per heavy atom. The van der Waals surface area contributed by atoms with E-state index < -0.39 is 6.04 Å².